The largest absolute Gasteiger partial charge is 0.534 e. The highest BCUT2D eigenvalue weighted by atomic mass is 32.2. The quantitative estimate of drug-likeness (QED) is 0.377. The molecule has 4 rings (SSSR count). The van der Waals surface area contributed by atoms with Crippen molar-refractivity contribution >= 4 is 16.1 Å². The van der Waals surface area contributed by atoms with Crippen molar-refractivity contribution in [2.45, 2.75) is 30.5 Å². The molecule has 174 valence electrons. The maximum absolute atomic E-state index is 12.8. The molecule has 0 saturated carbocycles. The van der Waals surface area contributed by atoms with E-state index in [4.69, 9.17) is 15.2 Å². The molecule has 1 atom stereocenters. The van der Waals surface area contributed by atoms with Crippen LogP contribution in [0.1, 0.15) is 30.5 Å². The minimum absolute atomic E-state index is 0.120. The first-order valence-corrected chi connectivity index (χ1v) is 10.7. The van der Waals surface area contributed by atoms with Gasteiger partial charge in [-0.15, -0.1) is 0 Å². The molecule has 1 aromatic carbocycles. The van der Waals surface area contributed by atoms with E-state index in [1.807, 2.05) is 0 Å². The van der Waals surface area contributed by atoms with Crippen LogP contribution in [0, 0.1) is 11.8 Å². The van der Waals surface area contributed by atoms with Crippen molar-refractivity contribution in [2.75, 3.05) is 6.61 Å². The summed E-state index contributed by atoms with van der Waals surface area (Å²) in [6, 6.07) is 4.66. The third kappa shape index (κ3) is 4.14. The highest BCUT2D eigenvalue weighted by Gasteiger charge is 2.50. The van der Waals surface area contributed by atoms with Gasteiger partial charge in [-0.1, -0.05) is 11.8 Å². The Morgan fingerprint density at radius 2 is 1.97 bits per heavy atom. The Kier molecular flexibility index (Phi) is 4.99. The van der Waals surface area contributed by atoms with Gasteiger partial charge < -0.3 is 24.5 Å². The average Bonchev–Trinajstić information content (AvgIpc) is 3.08. The summed E-state index contributed by atoms with van der Waals surface area (Å²) in [6.45, 7) is 2.83. The number of alkyl halides is 3. The molecule has 33 heavy (non-hydrogen) atoms. The van der Waals surface area contributed by atoms with E-state index in [1.165, 1.54) is 26.1 Å². The van der Waals surface area contributed by atoms with Gasteiger partial charge in [-0.05, 0) is 38.1 Å². The zero-order valence-corrected chi connectivity index (χ0v) is 17.9. The number of rotatable bonds is 2. The molecule has 0 fully saturated rings. The molecule has 9 nitrogen and oxygen atoms in total. The first-order valence-electron chi connectivity index (χ1n) is 9.28. The van der Waals surface area contributed by atoms with Crippen LogP contribution in [0.3, 0.4) is 0 Å². The summed E-state index contributed by atoms with van der Waals surface area (Å²) in [5, 5.41) is 9.85. The number of fused-ring (bicyclic) bond motifs is 4. The molecule has 0 saturated heterocycles. The zero-order valence-electron chi connectivity index (χ0n) is 17.1. The fraction of sp³-hybridized carbons (Fsp3) is 0.300. The van der Waals surface area contributed by atoms with E-state index in [-0.39, 0.29) is 29.8 Å². The number of ether oxygens (including phenoxy) is 2. The van der Waals surface area contributed by atoms with E-state index in [2.05, 4.69) is 26.0 Å². The summed E-state index contributed by atoms with van der Waals surface area (Å²) in [5.74, 6) is 5.06. The van der Waals surface area contributed by atoms with Gasteiger partial charge in [0.1, 0.15) is 23.7 Å². The Hall–Kier alpha value is -3.50. The van der Waals surface area contributed by atoms with Crippen LogP contribution < -0.4 is 14.7 Å². The summed E-state index contributed by atoms with van der Waals surface area (Å²) in [7, 11) is -5.90. The number of pyridine rings is 1. The van der Waals surface area contributed by atoms with E-state index in [9.17, 15) is 26.7 Å². The first-order chi connectivity index (χ1) is 15.2. The molecular formula is C20H16F3N3O6S. The van der Waals surface area contributed by atoms with Crippen LogP contribution in [0.5, 0.6) is 17.4 Å². The Morgan fingerprint density at radius 1 is 1.24 bits per heavy atom. The van der Waals surface area contributed by atoms with Crippen LogP contribution in [-0.4, -0.2) is 42.2 Å². The predicted molar refractivity (Wildman–Crippen MR) is 108 cm³/mol. The Labute approximate surface area is 186 Å². The smallest absolute Gasteiger partial charge is 0.462 e. The van der Waals surface area contributed by atoms with Crippen molar-refractivity contribution in [1.82, 2.24) is 4.98 Å². The van der Waals surface area contributed by atoms with Gasteiger partial charge in [0.25, 0.3) is 6.02 Å². The number of aliphatic imine (C=N–C) groups is 1. The highest BCUT2D eigenvalue weighted by molar-refractivity contribution is 7.88. The topological polar surface area (TPSA) is 133 Å². The maximum atomic E-state index is 12.8. The van der Waals surface area contributed by atoms with Gasteiger partial charge in [0.05, 0.1) is 5.56 Å². The van der Waals surface area contributed by atoms with Crippen molar-refractivity contribution in [3.05, 3.63) is 47.2 Å². The second-order valence-corrected chi connectivity index (χ2v) is 9.27. The molecule has 3 heterocycles. The summed E-state index contributed by atoms with van der Waals surface area (Å²) in [5.41, 5.74) is -1.69. The van der Waals surface area contributed by atoms with Crippen LogP contribution in [0.15, 0.2) is 35.5 Å². The number of nitrogens with zero attached hydrogens (tertiary/aromatic N) is 2. The van der Waals surface area contributed by atoms with Gasteiger partial charge in [0.15, 0.2) is 5.54 Å². The fourth-order valence-corrected chi connectivity index (χ4v) is 3.68. The molecule has 13 heteroatoms. The highest BCUT2D eigenvalue weighted by Crippen LogP contribution is 2.51. The molecule has 0 aliphatic carbocycles. The molecular weight excluding hydrogens is 467 g/mol. The summed E-state index contributed by atoms with van der Waals surface area (Å²) in [4.78, 5) is 8.55. The van der Waals surface area contributed by atoms with Gasteiger partial charge >= 0.3 is 15.6 Å². The van der Waals surface area contributed by atoms with Gasteiger partial charge in [-0.2, -0.15) is 21.6 Å². The molecule has 0 radical (unpaired) electrons. The van der Waals surface area contributed by atoms with Crippen LogP contribution >= 0.6 is 0 Å². The van der Waals surface area contributed by atoms with Crippen molar-refractivity contribution in [2.24, 2.45) is 10.7 Å². The number of aliphatic hydroxyl groups is 1. The first kappa shape index (κ1) is 22.7. The molecule has 1 aromatic heterocycles. The molecule has 0 amide bonds. The lowest BCUT2D eigenvalue weighted by Crippen LogP contribution is -2.32. The van der Waals surface area contributed by atoms with E-state index < -0.39 is 32.5 Å². The van der Waals surface area contributed by atoms with Crippen molar-refractivity contribution in [3.63, 3.8) is 0 Å². The third-order valence-corrected chi connectivity index (χ3v) is 5.61. The Morgan fingerprint density at radius 3 is 2.58 bits per heavy atom. The number of aromatic nitrogens is 1. The standard InChI is InChI=1S/C20H16F3N3O6S/c1-18(2,27)6-5-11-7-14-16(25-9-11)31-15-4-3-12(32-33(28,29)20(21,22)23)8-13(15)19(14)10-30-17(24)26-19/h3-4,7-9,27H,10H2,1-2H3,(H2,24,26). The summed E-state index contributed by atoms with van der Waals surface area (Å²) in [6.07, 6.45) is 1.41. The number of amidine groups is 1. The zero-order chi connectivity index (χ0) is 24.2. The monoisotopic (exact) mass is 483 g/mol. The lowest BCUT2D eigenvalue weighted by Gasteiger charge is -2.32. The Balaban J connectivity index is 1.85. The normalized spacial score (nSPS) is 19.4. The lowest BCUT2D eigenvalue weighted by molar-refractivity contribution is -0.0500. The number of benzene rings is 1. The lowest BCUT2D eigenvalue weighted by atomic mass is 9.82. The maximum Gasteiger partial charge on any atom is 0.534 e. The second kappa shape index (κ2) is 7.26. The van der Waals surface area contributed by atoms with E-state index in [1.54, 1.807) is 6.07 Å². The predicted octanol–water partition coefficient (Wildman–Crippen LogP) is 2.13. The molecule has 2 aromatic rings. The minimum atomic E-state index is -5.90. The van der Waals surface area contributed by atoms with Crippen molar-refractivity contribution in [1.29, 1.82) is 0 Å². The molecule has 0 bridgehead atoms. The molecule has 2 aliphatic heterocycles. The average molecular weight is 483 g/mol. The van der Waals surface area contributed by atoms with Gasteiger partial charge in [-0.25, -0.2) is 9.98 Å². The second-order valence-electron chi connectivity index (χ2n) is 7.73. The van der Waals surface area contributed by atoms with E-state index >= 15 is 0 Å². The molecule has 1 spiro atoms. The molecule has 2 aliphatic rings. The SMILES string of the molecule is CC(C)(O)C#Cc1cnc2c(c1)C1(COC(N)=N1)c1cc(OS(=O)(=O)C(F)(F)F)ccc1O2. The van der Waals surface area contributed by atoms with Gasteiger partial charge in [0.2, 0.25) is 5.88 Å². The van der Waals surface area contributed by atoms with Crippen LogP contribution in [0.25, 0.3) is 0 Å². The van der Waals surface area contributed by atoms with E-state index in [0.717, 1.165) is 12.1 Å². The van der Waals surface area contributed by atoms with E-state index in [0.29, 0.717) is 11.1 Å². The van der Waals surface area contributed by atoms with Crippen LogP contribution in [0.4, 0.5) is 13.2 Å². The summed E-state index contributed by atoms with van der Waals surface area (Å²) < 4.78 is 76.6. The number of halogens is 3. The Bertz CT molecular complexity index is 1340. The van der Waals surface area contributed by atoms with Crippen LogP contribution in [-0.2, 0) is 20.4 Å². The fourth-order valence-electron chi connectivity index (χ4n) is 3.23. The number of hydrogen-bond acceptors (Lipinski definition) is 9. The van der Waals surface area contributed by atoms with Crippen molar-refractivity contribution < 1.29 is 40.4 Å². The van der Waals surface area contributed by atoms with Gasteiger partial charge in [0, 0.05) is 17.3 Å². The third-order valence-electron chi connectivity index (χ3n) is 4.63. The molecule has 1 unspecified atom stereocenters. The van der Waals surface area contributed by atoms with Gasteiger partial charge in [-0.3, -0.25) is 0 Å². The van der Waals surface area contributed by atoms with Crippen LogP contribution in [0.2, 0.25) is 0 Å². The number of nitrogens with two attached hydrogens (primary N) is 1. The number of hydrogen-bond donors (Lipinski definition) is 2. The minimum Gasteiger partial charge on any atom is -0.462 e. The summed E-state index contributed by atoms with van der Waals surface area (Å²) >= 11 is 0. The van der Waals surface area contributed by atoms with Crippen molar-refractivity contribution in [3.8, 4) is 29.2 Å². The molecule has 3 N–H and O–H groups in total.